The van der Waals surface area contributed by atoms with Crippen molar-refractivity contribution in [3.05, 3.63) is 23.0 Å². The van der Waals surface area contributed by atoms with Gasteiger partial charge in [0, 0.05) is 5.56 Å². The summed E-state index contributed by atoms with van der Waals surface area (Å²) in [5, 5.41) is 8.61. The highest BCUT2D eigenvalue weighted by Crippen LogP contribution is 2.27. The first-order valence-corrected chi connectivity index (χ1v) is 4.08. The molecule has 84 valence electrons. The maximum absolute atomic E-state index is 12.5. The molecule has 0 aromatic carbocycles. The zero-order valence-electron chi connectivity index (χ0n) is 8.20. The van der Waals surface area contributed by atoms with Gasteiger partial charge in [-0.3, -0.25) is 0 Å². The first-order chi connectivity index (χ1) is 7.51. The number of carbonyl (C=O) groups excluding carboxylic acids is 1. The van der Waals surface area contributed by atoms with Gasteiger partial charge in [-0.15, -0.1) is 0 Å². The molecule has 7 heteroatoms. The highest BCUT2D eigenvalue weighted by atomic mass is 19.3. The van der Waals surface area contributed by atoms with Crippen LogP contribution in [0.3, 0.4) is 0 Å². The molecule has 0 amide bonds. The summed E-state index contributed by atoms with van der Waals surface area (Å²) in [6.07, 6.45) is -2.89. The molecule has 0 atom stereocenters. The average Bonchev–Trinajstić information content (AvgIpc) is 2.27. The second-order valence-corrected chi connectivity index (χ2v) is 2.76. The van der Waals surface area contributed by atoms with E-state index in [1.807, 2.05) is 0 Å². The Labute approximate surface area is 89.4 Å². The summed E-state index contributed by atoms with van der Waals surface area (Å²) in [4.78, 5) is 14.6. The number of alkyl halides is 2. The predicted octanol–water partition coefficient (Wildman–Crippen LogP) is 1.26. The van der Waals surface area contributed by atoms with E-state index in [1.165, 1.54) is 6.07 Å². The van der Waals surface area contributed by atoms with Crippen LogP contribution in [0.15, 0.2) is 6.07 Å². The molecule has 1 aromatic rings. The number of aromatic nitrogens is 1. The van der Waals surface area contributed by atoms with Gasteiger partial charge >= 0.3 is 5.97 Å². The Morgan fingerprint density at radius 3 is 2.75 bits per heavy atom. The summed E-state index contributed by atoms with van der Waals surface area (Å²) in [5.41, 5.74) is 3.47. The Bertz CT molecular complexity index is 469. The minimum Gasteiger partial charge on any atom is -0.464 e. The molecule has 5 nitrogen and oxygen atoms in total. The van der Waals surface area contributed by atoms with Gasteiger partial charge in [0.2, 0.25) is 0 Å². The van der Waals surface area contributed by atoms with Gasteiger partial charge in [-0.2, -0.15) is 5.26 Å². The van der Waals surface area contributed by atoms with Gasteiger partial charge in [-0.05, 0) is 6.07 Å². The quantitative estimate of drug-likeness (QED) is 0.768. The first kappa shape index (κ1) is 11.8. The Morgan fingerprint density at radius 1 is 1.69 bits per heavy atom. The zero-order valence-corrected chi connectivity index (χ0v) is 8.20. The fourth-order valence-electron chi connectivity index (χ4n) is 1.05. The summed E-state index contributed by atoms with van der Waals surface area (Å²) >= 11 is 0. The highest BCUT2D eigenvalue weighted by molar-refractivity contribution is 5.88. The van der Waals surface area contributed by atoms with Gasteiger partial charge in [-0.1, -0.05) is 0 Å². The molecule has 0 spiro atoms. The summed E-state index contributed by atoms with van der Waals surface area (Å²) in [7, 11) is 1.08. The molecule has 0 aliphatic rings. The third-order valence-corrected chi connectivity index (χ3v) is 1.83. The average molecular weight is 227 g/mol. The van der Waals surface area contributed by atoms with Crippen LogP contribution in [0, 0.1) is 11.3 Å². The van der Waals surface area contributed by atoms with E-state index in [2.05, 4.69) is 9.72 Å². The number of carbonyl (C=O) groups is 1. The molecule has 1 heterocycles. The normalized spacial score (nSPS) is 9.94. The van der Waals surface area contributed by atoms with Crippen molar-refractivity contribution in [3.8, 4) is 6.07 Å². The van der Waals surface area contributed by atoms with Gasteiger partial charge < -0.3 is 10.5 Å². The molecule has 1 aromatic heterocycles. The second kappa shape index (κ2) is 4.53. The molecular formula is C9H7F2N3O2. The van der Waals surface area contributed by atoms with Crippen LogP contribution in [-0.4, -0.2) is 18.1 Å². The van der Waals surface area contributed by atoms with E-state index in [0.717, 1.165) is 13.2 Å². The maximum atomic E-state index is 12.5. The summed E-state index contributed by atoms with van der Waals surface area (Å²) < 4.78 is 29.4. The van der Waals surface area contributed by atoms with E-state index in [1.54, 1.807) is 0 Å². The Hall–Kier alpha value is -2.23. The van der Waals surface area contributed by atoms with Gasteiger partial charge in [0.25, 0.3) is 6.43 Å². The number of ether oxygens (including phenoxy) is 1. The molecule has 0 fully saturated rings. The van der Waals surface area contributed by atoms with Crippen LogP contribution in [0.25, 0.3) is 0 Å². The molecule has 0 unspecified atom stereocenters. The minimum absolute atomic E-state index is 0.372. The summed E-state index contributed by atoms with van der Waals surface area (Å²) in [6.45, 7) is 0. The van der Waals surface area contributed by atoms with Crippen molar-refractivity contribution in [2.45, 2.75) is 6.43 Å². The number of methoxy groups -OCH3 is 1. The largest absolute Gasteiger partial charge is 0.464 e. The number of hydrogen-bond donors (Lipinski definition) is 1. The molecule has 0 saturated heterocycles. The molecule has 1 rings (SSSR count). The van der Waals surface area contributed by atoms with Crippen LogP contribution >= 0.6 is 0 Å². The van der Waals surface area contributed by atoms with Crippen LogP contribution in [0.1, 0.15) is 28.2 Å². The number of pyridine rings is 1. The topological polar surface area (TPSA) is 89.0 Å². The number of nitrogen functional groups attached to an aromatic ring is 1. The van der Waals surface area contributed by atoms with Crippen molar-refractivity contribution in [1.29, 1.82) is 5.26 Å². The van der Waals surface area contributed by atoms with Crippen molar-refractivity contribution in [2.75, 3.05) is 12.8 Å². The van der Waals surface area contributed by atoms with Crippen LogP contribution in [0.5, 0.6) is 0 Å². The van der Waals surface area contributed by atoms with Gasteiger partial charge in [0.1, 0.15) is 6.07 Å². The van der Waals surface area contributed by atoms with E-state index >= 15 is 0 Å². The third-order valence-electron chi connectivity index (χ3n) is 1.83. The SMILES string of the molecule is COC(=O)c1cc(C(F)F)c(N)c(C#N)n1. The fraction of sp³-hybridized carbons (Fsp3) is 0.222. The Kier molecular flexibility index (Phi) is 3.35. The van der Waals surface area contributed by atoms with Gasteiger partial charge in [0.15, 0.2) is 11.4 Å². The molecule has 0 aliphatic carbocycles. The number of hydrogen-bond acceptors (Lipinski definition) is 5. The molecule has 0 radical (unpaired) electrons. The lowest BCUT2D eigenvalue weighted by atomic mass is 10.1. The van der Waals surface area contributed by atoms with E-state index in [-0.39, 0.29) is 5.69 Å². The number of esters is 1. The number of anilines is 1. The third kappa shape index (κ3) is 2.06. The number of nitrogens with zero attached hydrogens (tertiary/aromatic N) is 2. The zero-order chi connectivity index (χ0) is 12.3. The molecule has 2 N–H and O–H groups in total. The van der Waals surface area contributed by atoms with Crippen LogP contribution in [0.2, 0.25) is 0 Å². The van der Waals surface area contributed by atoms with Crippen molar-refractivity contribution in [2.24, 2.45) is 0 Å². The first-order valence-electron chi connectivity index (χ1n) is 4.08. The van der Waals surface area contributed by atoms with E-state index in [9.17, 15) is 13.6 Å². The fourth-order valence-corrected chi connectivity index (χ4v) is 1.05. The smallest absolute Gasteiger partial charge is 0.356 e. The number of rotatable bonds is 2. The van der Waals surface area contributed by atoms with Crippen LogP contribution < -0.4 is 5.73 Å². The standard InChI is InChI=1S/C9H7F2N3O2/c1-16-9(15)5-2-4(8(10)11)7(13)6(3-12)14-5/h2,8H,13H2,1H3. The van der Waals surface area contributed by atoms with Crippen molar-refractivity contribution in [1.82, 2.24) is 4.98 Å². The summed E-state index contributed by atoms with van der Waals surface area (Å²) in [5.74, 6) is -0.904. The van der Waals surface area contributed by atoms with Gasteiger partial charge in [-0.25, -0.2) is 18.6 Å². The Balaban J connectivity index is 3.41. The lowest BCUT2D eigenvalue weighted by Crippen LogP contribution is -2.10. The van der Waals surface area contributed by atoms with Crippen molar-refractivity contribution >= 4 is 11.7 Å². The van der Waals surface area contributed by atoms with Crippen LogP contribution in [0.4, 0.5) is 14.5 Å². The monoisotopic (exact) mass is 227 g/mol. The summed E-state index contributed by atoms with van der Waals surface area (Å²) in [6, 6.07) is 2.34. The van der Waals surface area contributed by atoms with Gasteiger partial charge in [0.05, 0.1) is 12.8 Å². The van der Waals surface area contributed by atoms with Crippen molar-refractivity contribution in [3.63, 3.8) is 0 Å². The number of nitrogens with two attached hydrogens (primary N) is 1. The second-order valence-electron chi connectivity index (χ2n) is 2.76. The minimum atomic E-state index is -2.89. The van der Waals surface area contributed by atoms with Crippen LogP contribution in [-0.2, 0) is 4.74 Å². The molecule has 16 heavy (non-hydrogen) atoms. The Morgan fingerprint density at radius 2 is 2.31 bits per heavy atom. The lowest BCUT2D eigenvalue weighted by Gasteiger charge is -2.07. The maximum Gasteiger partial charge on any atom is 0.356 e. The van der Waals surface area contributed by atoms with E-state index in [0.29, 0.717) is 0 Å². The molecule has 0 bridgehead atoms. The number of halogens is 2. The molecule has 0 saturated carbocycles. The van der Waals surface area contributed by atoms with E-state index < -0.39 is 29.3 Å². The molecular weight excluding hydrogens is 220 g/mol. The lowest BCUT2D eigenvalue weighted by molar-refractivity contribution is 0.0593. The molecule has 0 aliphatic heterocycles. The number of nitriles is 1. The highest BCUT2D eigenvalue weighted by Gasteiger charge is 2.20. The predicted molar refractivity (Wildman–Crippen MR) is 49.7 cm³/mol. The van der Waals surface area contributed by atoms with E-state index in [4.69, 9.17) is 11.0 Å². The van der Waals surface area contributed by atoms with Crippen molar-refractivity contribution < 1.29 is 18.3 Å².